The van der Waals surface area contributed by atoms with Gasteiger partial charge in [0.05, 0.1) is 17.1 Å². The number of amides is 2. The van der Waals surface area contributed by atoms with E-state index in [0.717, 1.165) is 30.4 Å². The predicted molar refractivity (Wildman–Crippen MR) is 108 cm³/mol. The van der Waals surface area contributed by atoms with E-state index in [2.05, 4.69) is 6.92 Å². The first-order valence-electron chi connectivity index (χ1n) is 9.51. The first kappa shape index (κ1) is 20.7. The highest BCUT2D eigenvalue weighted by atomic mass is 32.2. The minimum Gasteiger partial charge on any atom is -0.396 e. The SMILES string of the molecule is CCCCCCCCN1C(=O)C(SCCO)=C(c2ccc(C)cc2)C1=O. The van der Waals surface area contributed by atoms with Crippen molar-refractivity contribution in [1.29, 1.82) is 0 Å². The number of nitrogens with zero attached hydrogens (tertiary/aromatic N) is 1. The lowest BCUT2D eigenvalue weighted by Gasteiger charge is -2.15. The Hall–Kier alpha value is -1.59. The standard InChI is InChI=1S/C21H29NO3S/c1-3-4-5-6-7-8-13-22-20(24)18(17-11-9-16(2)10-12-17)19(21(22)25)26-15-14-23/h9-12,23H,3-8,13-15H2,1-2H3. The van der Waals surface area contributed by atoms with Crippen molar-refractivity contribution >= 4 is 29.1 Å². The van der Waals surface area contributed by atoms with Crippen molar-refractivity contribution in [3.05, 3.63) is 40.3 Å². The van der Waals surface area contributed by atoms with Gasteiger partial charge >= 0.3 is 0 Å². The Morgan fingerprint density at radius 3 is 2.27 bits per heavy atom. The maximum atomic E-state index is 12.9. The molecule has 0 unspecified atom stereocenters. The first-order chi connectivity index (χ1) is 12.6. The summed E-state index contributed by atoms with van der Waals surface area (Å²) in [6.07, 6.45) is 6.69. The highest BCUT2D eigenvalue weighted by molar-refractivity contribution is 8.04. The molecule has 1 heterocycles. The monoisotopic (exact) mass is 375 g/mol. The van der Waals surface area contributed by atoms with E-state index < -0.39 is 0 Å². The molecule has 2 rings (SSSR count). The van der Waals surface area contributed by atoms with Crippen LogP contribution >= 0.6 is 11.8 Å². The number of aliphatic hydroxyl groups is 1. The molecule has 0 aromatic heterocycles. The van der Waals surface area contributed by atoms with Gasteiger partial charge in [0, 0.05) is 12.3 Å². The quantitative estimate of drug-likeness (QED) is 0.466. The Morgan fingerprint density at radius 2 is 1.62 bits per heavy atom. The lowest BCUT2D eigenvalue weighted by atomic mass is 10.0. The largest absolute Gasteiger partial charge is 0.396 e. The molecule has 2 amide bonds. The van der Waals surface area contributed by atoms with Gasteiger partial charge in [-0.3, -0.25) is 14.5 Å². The molecular weight excluding hydrogens is 346 g/mol. The third kappa shape index (κ3) is 5.21. The normalized spacial score (nSPS) is 14.7. The van der Waals surface area contributed by atoms with E-state index in [1.54, 1.807) is 0 Å². The molecule has 4 nitrogen and oxygen atoms in total. The zero-order valence-electron chi connectivity index (χ0n) is 15.8. The van der Waals surface area contributed by atoms with Gasteiger partial charge in [-0.1, -0.05) is 68.9 Å². The summed E-state index contributed by atoms with van der Waals surface area (Å²) in [4.78, 5) is 27.6. The number of aryl methyl sites for hydroxylation is 1. The van der Waals surface area contributed by atoms with Gasteiger partial charge in [0.1, 0.15) is 0 Å². The summed E-state index contributed by atoms with van der Waals surface area (Å²) in [6.45, 7) is 4.63. The Labute approximate surface area is 160 Å². The molecule has 0 fully saturated rings. The summed E-state index contributed by atoms with van der Waals surface area (Å²) in [5.74, 6) is -0.000353. The molecule has 0 saturated heterocycles. The van der Waals surface area contributed by atoms with Gasteiger partial charge in [-0.2, -0.15) is 0 Å². The van der Waals surface area contributed by atoms with Crippen LogP contribution in [0.1, 0.15) is 56.6 Å². The molecule has 142 valence electrons. The van der Waals surface area contributed by atoms with Crippen LogP contribution in [-0.4, -0.2) is 40.7 Å². The predicted octanol–water partition coefficient (Wildman–Crippen LogP) is 4.16. The van der Waals surface area contributed by atoms with Crippen LogP contribution in [0.5, 0.6) is 0 Å². The van der Waals surface area contributed by atoms with E-state index in [4.69, 9.17) is 5.11 Å². The number of imide groups is 1. The number of carbonyl (C=O) groups is 2. The molecule has 26 heavy (non-hydrogen) atoms. The van der Waals surface area contributed by atoms with Crippen LogP contribution in [0.4, 0.5) is 0 Å². The van der Waals surface area contributed by atoms with E-state index in [1.165, 1.54) is 35.9 Å². The molecule has 1 aromatic rings. The van der Waals surface area contributed by atoms with Crippen LogP contribution in [0.2, 0.25) is 0 Å². The van der Waals surface area contributed by atoms with Crippen LogP contribution in [0.3, 0.4) is 0 Å². The first-order valence-corrected chi connectivity index (χ1v) is 10.5. The Bertz CT molecular complexity index is 652. The minimum absolute atomic E-state index is 0.0196. The van der Waals surface area contributed by atoms with Gasteiger partial charge in [-0.25, -0.2) is 0 Å². The average Bonchev–Trinajstić information content (AvgIpc) is 2.87. The molecule has 5 heteroatoms. The smallest absolute Gasteiger partial charge is 0.267 e. The average molecular weight is 376 g/mol. The molecule has 1 aliphatic rings. The Morgan fingerprint density at radius 1 is 0.962 bits per heavy atom. The van der Waals surface area contributed by atoms with E-state index in [1.807, 2.05) is 31.2 Å². The van der Waals surface area contributed by atoms with Crippen LogP contribution < -0.4 is 0 Å². The third-order valence-electron chi connectivity index (χ3n) is 4.54. The number of hydrogen-bond donors (Lipinski definition) is 1. The molecule has 1 aliphatic heterocycles. The van der Waals surface area contributed by atoms with Gasteiger partial charge in [0.25, 0.3) is 11.8 Å². The maximum absolute atomic E-state index is 12.9. The summed E-state index contributed by atoms with van der Waals surface area (Å²) in [6, 6.07) is 7.68. The highest BCUT2D eigenvalue weighted by Gasteiger charge is 2.38. The summed E-state index contributed by atoms with van der Waals surface area (Å²) in [5, 5.41) is 9.13. The second kappa shape index (κ2) is 10.5. The van der Waals surface area contributed by atoms with Gasteiger partial charge in [0.15, 0.2) is 0 Å². The van der Waals surface area contributed by atoms with Crippen LogP contribution in [0, 0.1) is 6.92 Å². The van der Waals surface area contributed by atoms with Crippen LogP contribution in [-0.2, 0) is 9.59 Å². The van der Waals surface area contributed by atoms with Crippen molar-refractivity contribution in [3.8, 4) is 0 Å². The van der Waals surface area contributed by atoms with Gasteiger partial charge < -0.3 is 5.11 Å². The number of carbonyl (C=O) groups excluding carboxylic acids is 2. The van der Waals surface area contributed by atoms with Crippen molar-refractivity contribution < 1.29 is 14.7 Å². The highest BCUT2D eigenvalue weighted by Crippen LogP contribution is 2.36. The van der Waals surface area contributed by atoms with E-state index in [-0.39, 0.29) is 18.4 Å². The second-order valence-corrected chi connectivity index (χ2v) is 7.78. The zero-order chi connectivity index (χ0) is 18.9. The second-order valence-electron chi connectivity index (χ2n) is 6.67. The fourth-order valence-corrected chi connectivity index (χ4v) is 3.94. The number of aliphatic hydroxyl groups excluding tert-OH is 1. The molecule has 0 aliphatic carbocycles. The molecule has 0 radical (unpaired) electrons. The summed E-state index contributed by atoms with van der Waals surface area (Å²) in [5.41, 5.74) is 2.37. The zero-order valence-corrected chi connectivity index (χ0v) is 16.6. The van der Waals surface area contributed by atoms with Gasteiger partial charge in [-0.05, 0) is 18.9 Å². The molecule has 0 atom stereocenters. The summed E-state index contributed by atoms with van der Waals surface area (Å²) < 4.78 is 0. The van der Waals surface area contributed by atoms with Gasteiger partial charge in [-0.15, -0.1) is 11.8 Å². The summed E-state index contributed by atoms with van der Waals surface area (Å²) in [7, 11) is 0. The Kier molecular flexibility index (Phi) is 8.39. The van der Waals surface area contributed by atoms with Crippen molar-refractivity contribution in [2.24, 2.45) is 0 Å². The lowest BCUT2D eigenvalue weighted by molar-refractivity contribution is -0.136. The molecule has 1 aromatic carbocycles. The van der Waals surface area contributed by atoms with E-state index >= 15 is 0 Å². The number of rotatable bonds is 11. The number of unbranched alkanes of at least 4 members (excludes halogenated alkanes) is 5. The van der Waals surface area contributed by atoms with Crippen LogP contribution in [0.25, 0.3) is 5.57 Å². The fraction of sp³-hybridized carbons (Fsp3) is 0.524. The van der Waals surface area contributed by atoms with E-state index in [0.29, 0.717) is 22.8 Å². The number of benzene rings is 1. The third-order valence-corrected chi connectivity index (χ3v) is 5.59. The van der Waals surface area contributed by atoms with Crippen molar-refractivity contribution in [1.82, 2.24) is 4.90 Å². The fourth-order valence-electron chi connectivity index (χ4n) is 3.06. The molecular formula is C21H29NO3S. The topological polar surface area (TPSA) is 57.6 Å². The molecule has 0 bridgehead atoms. The minimum atomic E-state index is -0.211. The van der Waals surface area contributed by atoms with E-state index in [9.17, 15) is 9.59 Å². The van der Waals surface area contributed by atoms with Crippen molar-refractivity contribution in [2.75, 3.05) is 18.9 Å². The van der Waals surface area contributed by atoms with Crippen molar-refractivity contribution in [3.63, 3.8) is 0 Å². The van der Waals surface area contributed by atoms with Crippen molar-refractivity contribution in [2.45, 2.75) is 52.4 Å². The number of hydrogen-bond acceptors (Lipinski definition) is 4. The number of thioether (sulfide) groups is 1. The lowest BCUT2D eigenvalue weighted by Crippen LogP contribution is -2.32. The van der Waals surface area contributed by atoms with Crippen LogP contribution in [0.15, 0.2) is 29.2 Å². The molecule has 0 saturated carbocycles. The Balaban J connectivity index is 2.09. The molecule has 0 spiro atoms. The van der Waals surface area contributed by atoms with Gasteiger partial charge in [0.2, 0.25) is 0 Å². The maximum Gasteiger partial charge on any atom is 0.267 e. The molecule has 1 N–H and O–H groups in total. The summed E-state index contributed by atoms with van der Waals surface area (Å²) >= 11 is 1.27.